The number of aromatic nitrogens is 2. The van der Waals surface area contributed by atoms with Gasteiger partial charge >= 0.3 is 0 Å². The van der Waals surface area contributed by atoms with E-state index in [-0.39, 0.29) is 5.56 Å². The zero-order chi connectivity index (χ0) is 11.7. The second kappa shape index (κ2) is 3.93. The van der Waals surface area contributed by atoms with Crippen molar-refractivity contribution in [1.82, 2.24) is 10.2 Å². The summed E-state index contributed by atoms with van der Waals surface area (Å²) in [5.41, 5.74) is 4.94. The molecule has 0 amide bonds. The van der Waals surface area contributed by atoms with Crippen molar-refractivity contribution in [1.29, 1.82) is 0 Å². The van der Waals surface area contributed by atoms with E-state index in [2.05, 4.69) is 23.2 Å². The van der Waals surface area contributed by atoms with Gasteiger partial charge < -0.3 is 0 Å². The second-order valence-corrected chi connectivity index (χ2v) is 4.06. The number of aromatic amines is 1. The summed E-state index contributed by atoms with van der Waals surface area (Å²) >= 11 is 0. The quantitative estimate of drug-likeness (QED) is 0.792. The summed E-state index contributed by atoms with van der Waals surface area (Å²) in [5.74, 6) is 0. The Labute approximate surface area is 94.2 Å². The lowest BCUT2D eigenvalue weighted by Gasteiger charge is -2.08. The Hall–Kier alpha value is -1.90. The molecule has 0 saturated carbocycles. The average Bonchev–Trinajstić information content (AvgIpc) is 2.23. The average molecular weight is 214 g/mol. The van der Waals surface area contributed by atoms with Crippen LogP contribution in [0, 0.1) is 20.8 Å². The standard InChI is InChI=1S/C13H14N2O/c1-8-4-5-11(9(2)6-8)12-7-14-15-13(16)10(12)3/h4-7H,1-3H3,(H,15,16). The molecule has 0 saturated heterocycles. The SMILES string of the molecule is Cc1ccc(-c2cn[nH]c(=O)c2C)c(C)c1. The van der Waals surface area contributed by atoms with Crippen molar-refractivity contribution in [2.75, 3.05) is 0 Å². The summed E-state index contributed by atoms with van der Waals surface area (Å²) in [6.07, 6.45) is 1.70. The van der Waals surface area contributed by atoms with E-state index in [9.17, 15) is 4.79 Å². The first-order valence-electron chi connectivity index (χ1n) is 5.21. The van der Waals surface area contributed by atoms with Crippen LogP contribution in [0.15, 0.2) is 29.2 Å². The minimum Gasteiger partial charge on any atom is -0.268 e. The van der Waals surface area contributed by atoms with Gasteiger partial charge in [-0.05, 0) is 31.9 Å². The Balaban J connectivity index is 2.68. The summed E-state index contributed by atoms with van der Waals surface area (Å²) in [6, 6.07) is 6.19. The molecule has 2 aromatic rings. The van der Waals surface area contributed by atoms with Crippen LogP contribution >= 0.6 is 0 Å². The molecule has 3 heteroatoms. The van der Waals surface area contributed by atoms with Crippen LogP contribution in [0.5, 0.6) is 0 Å². The van der Waals surface area contributed by atoms with Crippen LogP contribution in [-0.4, -0.2) is 10.2 Å². The number of H-pyrrole nitrogens is 1. The highest BCUT2D eigenvalue weighted by molar-refractivity contribution is 5.69. The Morgan fingerprint density at radius 2 is 1.88 bits per heavy atom. The van der Waals surface area contributed by atoms with Gasteiger partial charge in [0.05, 0.1) is 6.20 Å². The lowest BCUT2D eigenvalue weighted by molar-refractivity contribution is 0.971. The van der Waals surface area contributed by atoms with Crippen molar-refractivity contribution < 1.29 is 0 Å². The first-order chi connectivity index (χ1) is 7.59. The molecule has 1 N–H and O–H groups in total. The van der Waals surface area contributed by atoms with E-state index < -0.39 is 0 Å². The van der Waals surface area contributed by atoms with E-state index in [1.807, 2.05) is 26.0 Å². The Kier molecular flexibility index (Phi) is 2.60. The Morgan fingerprint density at radius 1 is 1.12 bits per heavy atom. The van der Waals surface area contributed by atoms with Gasteiger partial charge in [-0.25, -0.2) is 5.10 Å². The van der Waals surface area contributed by atoms with Crippen molar-refractivity contribution >= 4 is 0 Å². The number of hydrogen-bond acceptors (Lipinski definition) is 2. The molecule has 0 fully saturated rings. The maximum atomic E-state index is 11.5. The number of nitrogens with zero attached hydrogens (tertiary/aromatic N) is 1. The molecule has 1 heterocycles. The highest BCUT2D eigenvalue weighted by atomic mass is 16.1. The molecule has 82 valence electrons. The molecule has 0 aliphatic rings. The van der Waals surface area contributed by atoms with Crippen molar-refractivity contribution in [2.45, 2.75) is 20.8 Å². The fourth-order valence-corrected chi connectivity index (χ4v) is 1.85. The maximum absolute atomic E-state index is 11.5. The molecule has 0 atom stereocenters. The number of rotatable bonds is 1. The normalized spacial score (nSPS) is 10.4. The minimum atomic E-state index is -0.127. The molecule has 1 aromatic heterocycles. The smallest absolute Gasteiger partial charge is 0.267 e. The monoisotopic (exact) mass is 214 g/mol. The third kappa shape index (κ3) is 1.76. The van der Waals surface area contributed by atoms with Crippen molar-refractivity contribution in [3.05, 3.63) is 51.4 Å². The van der Waals surface area contributed by atoms with Crippen molar-refractivity contribution in [3.8, 4) is 11.1 Å². The van der Waals surface area contributed by atoms with E-state index >= 15 is 0 Å². The fraction of sp³-hybridized carbons (Fsp3) is 0.231. The van der Waals surface area contributed by atoms with Gasteiger partial charge in [0, 0.05) is 11.1 Å². The maximum Gasteiger partial charge on any atom is 0.267 e. The van der Waals surface area contributed by atoms with Crippen LogP contribution in [0.4, 0.5) is 0 Å². The predicted molar refractivity (Wildman–Crippen MR) is 64.5 cm³/mol. The lowest BCUT2D eigenvalue weighted by Crippen LogP contribution is -2.12. The molecule has 0 unspecified atom stereocenters. The van der Waals surface area contributed by atoms with Gasteiger partial charge in [-0.15, -0.1) is 0 Å². The summed E-state index contributed by atoms with van der Waals surface area (Å²) in [7, 11) is 0. The van der Waals surface area contributed by atoms with E-state index in [0.717, 1.165) is 16.7 Å². The predicted octanol–water partition coefficient (Wildman–Crippen LogP) is 2.36. The Bertz CT molecular complexity index is 585. The zero-order valence-electron chi connectivity index (χ0n) is 9.66. The van der Waals surface area contributed by atoms with Crippen LogP contribution in [0.25, 0.3) is 11.1 Å². The highest BCUT2D eigenvalue weighted by Crippen LogP contribution is 2.24. The summed E-state index contributed by atoms with van der Waals surface area (Å²) in [5, 5.41) is 6.28. The molecule has 3 nitrogen and oxygen atoms in total. The van der Waals surface area contributed by atoms with Gasteiger partial charge in [-0.1, -0.05) is 23.8 Å². The molecule has 0 aliphatic heterocycles. The highest BCUT2D eigenvalue weighted by Gasteiger charge is 2.07. The molecule has 0 bridgehead atoms. The molecular weight excluding hydrogens is 200 g/mol. The number of hydrogen-bond donors (Lipinski definition) is 1. The van der Waals surface area contributed by atoms with Crippen molar-refractivity contribution in [2.24, 2.45) is 0 Å². The van der Waals surface area contributed by atoms with Crippen LogP contribution < -0.4 is 5.56 Å². The molecule has 2 rings (SSSR count). The molecule has 0 radical (unpaired) electrons. The van der Waals surface area contributed by atoms with Crippen LogP contribution in [0.3, 0.4) is 0 Å². The van der Waals surface area contributed by atoms with Gasteiger partial charge in [0.15, 0.2) is 0 Å². The van der Waals surface area contributed by atoms with Gasteiger partial charge in [-0.2, -0.15) is 5.10 Å². The minimum absolute atomic E-state index is 0.127. The van der Waals surface area contributed by atoms with Crippen LogP contribution in [0.2, 0.25) is 0 Å². The van der Waals surface area contributed by atoms with Crippen LogP contribution in [0.1, 0.15) is 16.7 Å². The fourth-order valence-electron chi connectivity index (χ4n) is 1.85. The molecule has 0 aliphatic carbocycles. The third-order valence-electron chi connectivity index (χ3n) is 2.78. The summed E-state index contributed by atoms with van der Waals surface area (Å²) in [4.78, 5) is 11.5. The Morgan fingerprint density at radius 3 is 2.56 bits per heavy atom. The first kappa shape index (κ1) is 10.6. The van der Waals surface area contributed by atoms with Crippen molar-refractivity contribution in [3.63, 3.8) is 0 Å². The zero-order valence-corrected chi connectivity index (χ0v) is 9.66. The number of benzene rings is 1. The topological polar surface area (TPSA) is 45.8 Å². The largest absolute Gasteiger partial charge is 0.268 e. The first-order valence-corrected chi connectivity index (χ1v) is 5.21. The van der Waals surface area contributed by atoms with Gasteiger partial charge in [0.1, 0.15) is 0 Å². The van der Waals surface area contributed by atoms with E-state index in [1.54, 1.807) is 6.20 Å². The van der Waals surface area contributed by atoms with Gasteiger partial charge in [-0.3, -0.25) is 4.79 Å². The molecular formula is C13H14N2O. The van der Waals surface area contributed by atoms with Crippen LogP contribution in [-0.2, 0) is 0 Å². The van der Waals surface area contributed by atoms with Gasteiger partial charge in [0.2, 0.25) is 0 Å². The van der Waals surface area contributed by atoms with E-state index in [1.165, 1.54) is 5.56 Å². The summed E-state index contributed by atoms with van der Waals surface area (Å²) in [6.45, 7) is 5.91. The number of aryl methyl sites for hydroxylation is 2. The van der Waals surface area contributed by atoms with Gasteiger partial charge in [0.25, 0.3) is 5.56 Å². The molecule has 16 heavy (non-hydrogen) atoms. The molecule has 1 aromatic carbocycles. The van der Waals surface area contributed by atoms with E-state index in [0.29, 0.717) is 5.56 Å². The van der Waals surface area contributed by atoms with E-state index in [4.69, 9.17) is 0 Å². The number of nitrogens with one attached hydrogen (secondary N) is 1. The second-order valence-electron chi connectivity index (χ2n) is 4.06. The lowest BCUT2D eigenvalue weighted by atomic mass is 9.98. The third-order valence-corrected chi connectivity index (χ3v) is 2.78. The summed E-state index contributed by atoms with van der Waals surface area (Å²) < 4.78 is 0. The molecule has 0 spiro atoms.